The number of amides is 3. The fourth-order valence-electron chi connectivity index (χ4n) is 4.25. The van der Waals surface area contributed by atoms with Crippen LogP contribution in [0, 0.1) is 5.92 Å². The SMILES string of the molecule is CC(C)NC(=O)C1CCCC(NC(=O)NCc2ccnc(N3CCCCC3)c2)C1. The Morgan fingerprint density at radius 2 is 1.97 bits per heavy atom. The summed E-state index contributed by atoms with van der Waals surface area (Å²) >= 11 is 0. The lowest BCUT2D eigenvalue weighted by molar-refractivity contribution is -0.126. The third-order valence-electron chi connectivity index (χ3n) is 5.75. The third kappa shape index (κ3) is 6.61. The Balaban J connectivity index is 1.45. The average molecular weight is 402 g/mol. The number of hydrogen-bond donors (Lipinski definition) is 3. The molecule has 2 heterocycles. The first-order valence-electron chi connectivity index (χ1n) is 11.1. The van der Waals surface area contributed by atoms with E-state index in [1.807, 2.05) is 26.1 Å². The Morgan fingerprint density at radius 1 is 1.17 bits per heavy atom. The van der Waals surface area contributed by atoms with Crippen LogP contribution in [-0.2, 0) is 11.3 Å². The Bertz CT molecular complexity index is 688. The maximum absolute atomic E-state index is 12.4. The molecule has 2 fully saturated rings. The van der Waals surface area contributed by atoms with Gasteiger partial charge >= 0.3 is 6.03 Å². The van der Waals surface area contributed by atoms with Gasteiger partial charge in [-0.1, -0.05) is 6.42 Å². The van der Waals surface area contributed by atoms with Gasteiger partial charge in [-0.2, -0.15) is 0 Å². The maximum atomic E-state index is 12.4. The molecule has 1 aromatic rings. The number of anilines is 1. The van der Waals surface area contributed by atoms with Crippen LogP contribution in [0.2, 0.25) is 0 Å². The number of carbonyl (C=O) groups is 2. The van der Waals surface area contributed by atoms with Crippen LogP contribution < -0.4 is 20.9 Å². The number of pyridine rings is 1. The molecular formula is C22H35N5O2. The second-order valence-electron chi connectivity index (χ2n) is 8.62. The van der Waals surface area contributed by atoms with Crippen LogP contribution in [0.3, 0.4) is 0 Å². The molecule has 0 aromatic carbocycles. The van der Waals surface area contributed by atoms with E-state index in [1.54, 1.807) is 0 Å². The summed E-state index contributed by atoms with van der Waals surface area (Å²) in [5, 5.41) is 8.99. The molecule has 0 radical (unpaired) electrons. The molecule has 3 rings (SSSR count). The van der Waals surface area contributed by atoms with E-state index in [9.17, 15) is 9.59 Å². The number of carbonyl (C=O) groups excluding carboxylic acids is 2. The van der Waals surface area contributed by atoms with Gasteiger partial charge in [-0.15, -0.1) is 0 Å². The maximum Gasteiger partial charge on any atom is 0.315 e. The quantitative estimate of drug-likeness (QED) is 0.684. The van der Waals surface area contributed by atoms with Crippen LogP contribution in [0.1, 0.15) is 64.4 Å². The fraction of sp³-hybridized carbons (Fsp3) is 0.682. The van der Waals surface area contributed by atoms with E-state index in [0.717, 1.165) is 43.7 Å². The number of nitrogens with one attached hydrogen (secondary N) is 3. The summed E-state index contributed by atoms with van der Waals surface area (Å²) in [6.07, 6.45) is 9.03. The molecular weight excluding hydrogens is 366 g/mol. The summed E-state index contributed by atoms with van der Waals surface area (Å²) in [6, 6.07) is 4.04. The second kappa shape index (κ2) is 10.5. The van der Waals surface area contributed by atoms with Crippen molar-refractivity contribution in [2.75, 3.05) is 18.0 Å². The molecule has 1 aliphatic carbocycles. The number of rotatable bonds is 6. The Kier molecular flexibility index (Phi) is 7.72. The number of hydrogen-bond acceptors (Lipinski definition) is 4. The molecule has 2 aliphatic rings. The van der Waals surface area contributed by atoms with Crippen molar-refractivity contribution in [1.29, 1.82) is 0 Å². The Hall–Kier alpha value is -2.31. The van der Waals surface area contributed by atoms with E-state index >= 15 is 0 Å². The average Bonchev–Trinajstić information content (AvgIpc) is 2.73. The van der Waals surface area contributed by atoms with Crippen molar-refractivity contribution >= 4 is 17.8 Å². The number of aromatic nitrogens is 1. The molecule has 0 spiro atoms. The van der Waals surface area contributed by atoms with Crippen LogP contribution in [0.5, 0.6) is 0 Å². The first-order chi connectivity index (χ1) is 14.0. The summed E-state index contributed by atoms with van der Waals surface area (Å²) in [7, 11) is 0. The number of piperidine rings is 1. The first-order valence-corrected chi connectivity index (χ1v) is 11.1. The largest absolute Gasteiger partial charge is 0.357 e. The third-order valence-corrected chi connectivity index (χ3v) is 5.75. The summed E-state index contributed by atoms with van der Waals surface area (Å²) in [5.41, 5.74) is 1.05. The molecule has 7 heteroatoms. The van der Waals surface area contributed by atoms with Crippen LogP contribution in [0.4, 0.5) is 10.6 Å². The van der Waals surface area contributed by atoms with Crippen molar-refractivity contribution in [3.63, 3.8) is 0 Å². The molecule has 1 aromatic heterocycles. The molecule has 1 aliphatic heterocycles. The molecule has 1 saturated carbocycles. The molecule has 160 valence electrons. The smallest absolute Gasteiger partial charge is 0.315 e. The van der Waals surface area contributed by atoms with Gasteiger partial charge in [0.25, 0.3) is 0 Å². The zero-order valence-corrected chi connectivity index (χ0v) is 17.7. The van der Waals surface area contributed by atoms with Gasteiger partial charge in [0, 0.05) is 43.8 Å². The van der Waals surface area contributed by atoms with Crippen molar-refractivity contribution in [3.05, 3.63) is 23.9 Å². The van der Waals surface area contributed by atoms with Crippen molar-refractivity contribution in [1.82, 2.24) is 20.9 Å². The molecule has 3 N–H and O–H groups in total. The highest BCUT2D eigenvalue weighted by Crippen LogP contribution is 2.24. The van der Waals surface area contributed by atoms with E-state index in [-0.39, 0.29) is 29.9 Å². The lowest BCUT2D eigenvalue weighted by atomic mass is 9.85. The van der Waals surface area contributed by atoms with E-state index < -0.39 is 0 Å². The summed E-state index contributed by atoms with van der Waals surface area (Å²) in [5.74, 6) is 1.09. The number of urea groups is 1. The summed E-state index contributed by atoms with van der Waals surface area (Å²) < 4.78 is 0. The van der Waals surface area contributed by atoms with E-state index in [0.29, 0.717) is 13.0 Å². The van der Waals surface area contributed by atoms with Crippen molar-refractivity contribution in [2.24, 2.45) is 5.92 Å². The zero-order valence-electron chi connectivity index (χ0n) is 17.7. The molecule has 0 bridgehead atoms. The zero-order chi connectivity index (χ0) is 20.6. The predicted octanol–water partition coefficient (Wildman–Crippen LogP) is 2.95. The van der Waals surface area contributed by atoms with Gasteiger partial charge in [0.05, 0.1) is 0 Å². The molecule has 2 atom stereocenters. The molecule has 2 unspecified atom stereocenters. The van der Waals surface area contributed by atoms with Crippen LogP contribution in [0.15, 0.2) is 18.3 Å². The fourth-order valence-corrected chi connectivity index (χ4v) is 4.25. The highest BCUT2D eigenvalue weighted by Gasteiger charge is 2.28. The Morgan fingerprint density at radius 3 is 2.72 bits per heavy atom. The van der Waals surface area contributed by atoms with Gasteiger partial charge in [-0.3, -0.25) is 4.79 Å². The van der Waals surface area contributed by atoms with Crippen LogP contribution in [0.25, 0.3) is 0 Å². The second-order valence-corrected chi connectivity index (χ2v) is 8.62. The van der Waals surface area contributed by atoms with E-state index in [2.05, 4.69) is 31.9 Å². The topological polar surface area (TPSA) is 86.4 Å². The van der Waals surface area contributed by atoms with Gasteiger partial charge in [0.1, 0.15) is 5.82 Å². The molecule has 3 amide bonds. The lowest BCUT2D eigenvalue weighted by Crippen LogP contribution is -2.46. The van der Waals surface area contributed by atoms with Crippen molar-refractivity contribution in [2.45, 2.75) is 77.4 Å². The van der Waals surface area contributed by atoms with Crippen molar-refractivity contribution < 1.29 is 9.59 Å². The monoisotopic (exact) mass is 401 g/mol. The minimum Gasteiger partial charge on any atom is -0.357 e. The molecule has 7 nitrogen and oxygen atoms in total. The number of nitrogens with zero attached hydrogens (tertiary/aromatic N) is 2. The van der Waals surface area contributed by atoms with Crippen LogP contribution in [-0.4, -0.2) is 42.1 Å². The molecule has 1 saturated heterocycles. The van der Waals surface area contributed by atoms with Gasteiger partial charge in [0.2, 0.25) is 5.91 Å². The minimum atomic E-state index is -0.170. The van der Waals surface area contributed by atoms with E-state index in [1.165, 1.54) is 19.3 Å². The minimum absolute atomic E-state index is 0.0104. The van der Waals surface area contributed by atoms with Gasteiger partial charge < -0.3 is 20.9 Å². The Labute approximate surface area is 174 Å². The summed E-state index contributed by atoms with van der Waals surface area (Å²) in [4.78, 5) is 31.4. The standard InChI is InChI=1S/C22H35N5O2/c1-16(2)25-21(28)18-7-6-8-19(14-18)26-22(29)24-15-17-9-10-23-20(13-17)27-11-4-3-5-12-27/h9-10,13,16,18-19H,3-8,11-12,14-15H2,1-2H3,(H,25,28)(H2,24,26,29). The highest BCUT2D eigenvalue weighted by atomic mass is 16.2. The first kappa shape index (κ1) is 21.4. The van der Waals surface area contributed by atoms with Gasteiger partial charge in [0.15, 0.2) is 0 Å². The van der Waals surface area contributed by atoms with E-state index in [4.69, 9.17) is 0 Å². The predicted molar refractivity (Wildman–Crippen MR) is 115 cm³/mol. The molecule has 29 heavy (non-hydrogen) atoms. The normalized spacial score (nSPS) is 22.2. The van der Waals surface area contributed by atoms with Gasteiger partial charge in [-0.05, 0) is 70.1 Å². The lowest BCUT2D eigenvalue weighted by Gasteiger charge is -2.29. The van der Waals surface area contributed by atoms with Gasteiger partial charge in [-0.25, -0.2) is 9.78 Å². The van der Waals surface area contributed by atoms with Crippen molar-refractivity contribution in [3.8, 4) is 0 Å². The van der Waals surface area contributed by atoms with Crippen LogP contribution >= 0.6 is 0 Å². The highest BCUT2D eigenvalue weighted by molar-refractivity contribution is 5.79. The summed E-state index contributed by atoms with van der Waals surface area (Å²) in [6.45, 7) is 6.52.